The zero-order valence-electron chi connectivity index (χ0n) is 12.6. The SMILES string of the molecule is CCc1cccc(-c2cc(C#N)ccc2-c2ccccc2)c1. The molecule has 0 atom stereocenters. The van der Waals surface area contributed by atoms with E-state index in [-0.39, 0.29) is 0 Å². The molecule has 3 aromatic rings. The number of nitriles is 1. The molecule has 0 fully saturated rings. The third-order valence-electron chi connectivity index (χ3n) is 3.88. The molecule has 0 aliphatic carbocycles. The minimum Gasteiger partial charge on any atom is -0.192 e. The van der Waals surface area contributed by atoms with E-state index in [1.807, 2.05) is 36.4 Å². The molecule has 3 aromatic carbocycles. The molecule has 0 aliphatic heterocycles. The predicted octanol–water partition coefficient (Wildman–Crippen LogP) is 5.45. The maximum Gasteiger partial charge on any atom is 0.0991 e. The van der Waals surface area contributed by atoms with E-state index in [1.165, 1.54) is 11.1 Å². The standard InChI is InChI=1S/C21H17N/c1-2-16-7-6-10-19(13-16)21-14-17(15-22)11-12-20(21)18-8-4-3-5-9-18/h3-14H,2H2,1H3. The van der Waals surface area contributed by atoms with E-state index in [4.69, 9.17) is 0 Å². The lowest BCUT2D eigenvalue weighted by Crippen LogP contribution is -1.89. The molecular weight excluding hydrogens is 266 g/mol. The van der Waals surface area contributed by atoms with Crippen LogP contribution in [0.25, 0.3) is 22.3 Å². The van der Waals surface area contributed by atoms with Crippen LogP contribution < -0.4 is 0 Å². The number of hydrogen-bond acceptors (Lipinski definition) is 1. The molecule has 1 heteroatoms. The van der Waals surface area contributed by atoms with Crippen LogP contribution in [0.3, 0.4) is 0 Å². The van der Waals surface area contributed by atoms with Crippen LogP contribution in [0.5, 0.6) is 0 Å². The molecule has 0 aromatic heterocycles. The smallest absolute Gasteiger partial charge is 0.0991 e. The Morgan fingerprint density at radius 3 is 2.27 bits per heavy atom. The van der Waals surface area contributed by atoms with Crippen LogP contribution in [0.4, 0.5) is 0 Å². The van der Waals surface area contributed by atoms with Gasteiger partial charge in [0.05, 0.1) is 11.6 Å². The Morgan fingerprint density at radius 2 is 1.55 bits per heavy atom. The number of hydrogen-bond donors (Lipinski definition) is 0. The van der Waals surface area contributed by atoms with Gasteiger partial charge in [0.2, 0.25) is 0 Å². The molecule has 0 aliphatic rings. The van der Waals surface area contributed by atoms with Crippen LogP contribution in [0, 0.1) is 11.3 Å². The summed E-state index contributed by atoms with van der Waals surface area (Å²) in [4.78, 5) is 0. The molecule has 0 N–H and O–H groups in total. The van der Waals surface area contributed by atoms with Crippen molar-refractivity contribution in [3.05, 3.63) is 83.9 Å². The Morgan fingerprint density at radius 1 is 0.773 bits per heavy atom. The topological polar surface area (TPSA) is 23.8 Å². The average molecular weight is 283 g/mol. The van der Waals surface area contributed by atoms with Crippen LogP contribution in [-0.2, 0) is 6.42 Å². The van der Waals surface area contributed by atoms with Crippen LogP contribution in [0.2, 0.25) is 0 Å². The van der Waals surface area contributed by atoms with Crippen molar-refractivity contribution in [2.24, 2.45) is 0 Å². The fourth-order valence-corrected chi connectivity index (χ4v) is 2.68. The fourth-order valence-electron chi connectivity index (χ4n) is 2.68. The van der Waals surface area contributed by atoms with Crippen molar-refractivity contribution < 1.29 is 0 Å². The van der Waals surface area contributed by atoms with E-state index >= 15 is 0 Å². The first kappa shape index (κ1) is 14.1. The summed E-state index contributed by atoms with van der Waals surface area (Å²) in [5.74, 6) is 0. The van der Waals surface area contributed by atoms with Gasteiger partial charge in [0.25, 0.3) is 0 Å². The first-order valence-electron chi connectivity index (χ1n) is 7.50. The highest BCUT2D eigenvalue weighted by molar-refractivity contribution is 5.84. The van der Waals surface area contributed by atoms with Crippen LogP contribution >= 0.6 is 0 Å². The lowest BCUT2D eigenvalue weighted by Gasteiger charge is -2.12. The van der Waals surface area contributed by atoms with E-state index in [2.05, 4.69) is 49.4 Å². The Labute approximate surface area is 131 Å². The highest BCUT2D eigenvalue weighted by atomic mass is 14.2. The van der Waals surface area contributed by atoms with Crippen molar-refractivity contribution in [3.63, 3.8) is 0 Å². The van der Waals surface area contributed by atoms with Gasteiger partial charge in [-0.3, -0.25) is 0 Å². The van der Waals surface area contributed by atoms with Crippen molar-refractivity contribution in [1.29, 1.82) is 5.26 Å². The van der Waals surface area contributed by atoms with Gasteiger partial charge in [0.15, 0.2) is 0 Å². The average Bonchev–Trinajstić information content (AvgIpc) is 2.62. The lowest BCUT2D eigenvalue weighted by atomic mass is 9.92. The molecule has 0 amide bonds. The van der Waals surface area contributed by atoms with Crippen molar-refractivity contribution >= 4 is 0 Å². The Hall–Kier alpha value is -2.85. The van der Waals surface area contributed by atoms with Crippen molar-refractivity contribution in [1.82, 2.24) is 0 Å². The van der Waals surface area contributed by atoms with Crippen LogP contribution in [0.15, 0.2) is 72.8 Å². The summed E-state index contributed by atoms with van der Waals surface area (Å²) in [5.41, 5.74) is 6.60. The van der Waals surface area contributed by atoms with Crippen molar-refractivity contribution in [2.45, 2.75) is 13.3 Å². The Bertz CT molecular complexity index is 826. The second-order valence-electron chi connectivity index (χ2n) is 5.29. The molecule has 1 nitrogen and oxygen atoms in total. The molecule has 0 spiro atoms. The van der Waals surface area contributed by atoms with Gasteiger partial charge < -0.3 is 0 Å². The Kier molecular flexibility index (Phi) is 4.03. The van der Waals surface area contributed by atoms with E-state index in [0.717, 1.165) is 23.1 Å². The van der Waals surface area contributed by atoms with Gasteiger partial charge in [-0.15, -0.1) is 0 Å². The van der Waals surface area contributed by atoms with E-state index in [0.29, 0.717) is 5.56 Å². The fraction of sp³-hybridized carbons (Fsp3) is 0.0952. The van der Waals surface area contributed by atoms with Crippen LogP contribution in [-0.4, -0.2) is 0 Å². The summed E-state index contributed by atoms with van der Waals surface area (Å²) in [6, 6.07) is 27.0. The third-order valence-corrected chi connectivity index (χ3v) is 3.88. The van der Waals surface area contributed by atoms with E-state index in [9.17, 15) is 5.26 Å². The molecule has 0 radical (unpaired) electrons. The van der Waals surface area contributed by atoms with Gasteiger partial charge >= 0.3 is 0 Å². The third kappa shape index (κ3) is 2.77. The minimum atomic E-state index is 0.691. The second kappa shape index (κ2) is 6.28. The molecular formula is C21H17N. The van der Waals surface area contributed by atoms with Crippen molar-refractivity contribution in [3.8, 4) is 28.3 Å². The van der Waals surface area contributed by atoms with Gasteiger partial charge in [-0.1, -0.05) is 67.6 Å². The molecule has 0 heterocycles. The number of benzene rings is 3. The molecule has 0 saturated carbocycles. The monoisotopic (exact) mass is 283 g/mol. The highest BCUT2D eigenvalue weighted by Crippen LogP contribution is 2.33. The van der Waals surface area contributed by atoms with Crippen LogP contribution in [0.1, 0.15) is 18.1 Å². The molecule has 0 saturated heterocycles. The summed E-state index contributed by atoms with van der Waals surface area (Å²) >= 11 is 0. The van der Waals surface area contributed by atoms with E-state index < -0.39 is 0 Å². The number of aryl methyl sites for hydroxylation is 1. The van der Waals surface area contributed by atoms with Gasteiger partial charge in [-0.05, 0) is 46.4 Å². The summed E-state index contributed by atoms with van der Waals surface area (Å²) in [6.45, 7) is 2.16. The molecule has 3 rings (SSSR count). The largest absolute Gasteiger partial charge is 0.192 e. The van der Waals surface area contributed by atoms with Gasteiger partial charge in [0.1, 0.15) is 0 Å². The zero-order valence-corrected chi connectivity index (χ0v) is 12.6. The first-order valence-corrected chi connectivity index (χ1v) is 7.50. The molecule has 0 bridgehead atoms. The zero-order chi connectivity index (χ0) is 15.4. The number of rotatable bonds is 3. The number of nitrogens with zero attached hydrogens (tertiary/aromatic N) is 1. The quantitative estimate of drug-likeness (QED) is 0.626. The van der Waals surface area contributed by atoms with E-state index in [1.54, 1.807) is 0 Å². The first-order chi connectivity index (χ1) is 10.8. The lowest BCUT2D eigenvalue weighted by molar-refractivity contribution is 1.14. The summed E-state index contributed by atoms with van der Waals surface area (Å²) in [7, 11) is 0. The predicted molar refractivity (Wildman–Crippen MR) is 91.4 cm³/mol. The summed E-state index contributed by atoms with van der Waals surface area (Å²) in [6.07, 6.45) is 1.01. The van der Waals surface area contributed by atoms with Gasteiger partial charge in [0, 0.05) is 0 Å². The molecule has 0 unspecified atom stereocenters. The molecule has 106 valence electrons. The normalized spacial score (nSPS) is 10.2. The summed E-state index contributed by atoms with van der Waals surface area (Å²) in [5, 5.41) is 9.22. The maximum atomic E-state index is 9.22. The van der Waals surface area contributed by atoms with Crippen molar-refractivity contribution in [2.75, 3.05) is 0 Å². The Balaban J connectivity index is 2.22. The van der Waals surface area contributed by atoms with Gasteiger partial charge in [-0.25, -0.2) is 0 Å². The molecule has 22 heavy (non-hydrogen) atoms. The van der Waals surface area contributed by atoms with Gasteiger partial charge in [-0.2, -0.15) is 5.26 Å². The second-order valence-corrected chi connectivity index (χ2v) is 5.29. The highest BCUT2D eigenvalue weighted by Gasteiger charge is 2.09. The maximum absolute atomic E-state index is 9.22. The summed E-state index contributed by atoms with van der Waals surface area (Å²) < 4.78 is 0. The minimum absolute atomic E-state index is 0.691.